The number of amides is 1. The third-order valence-electron chi connectivity index (χ3n) is 5.78. The molecule has 2 atom stereocenters. The van der Waals surface area contributed by atoms with Gasteiger partial charge in [0.15, 0.2) is 5.65 Å². The molecule has 7 heteroatoms. The van der Waals surface area contributed by atoms with E-state index in [1.165, 1.54) is 23.3 Å². The number of carbonyl (C=O) groups excluding carboxylic acids is 1. The normalized spacial score (nSPS) is 22.0. The molecule has 2 saturated heterocycles. The molecule has 2 bridgehead atoms. The standard InChI is InChI=1S/C22H24N4O2S/c1-15(27)26-13-17-9-18(14-26)12-25(11-17)10-16-4-6-19(7-5-16)28-22-24-21-20(29-22)3-2-8-23-21/h2-8,17-18H,9-14H2,1H3. The number of likely N-dealkylation sites (tertiary alicyclic amines) is 2. The fourth-order valence-corrected chi connectivity index (χ4v) is 5.38. The summed E-state index contributed by atoms with van der Waals surface area (Å²) in [5.74, 6) is 2.20. The van der Waals surface area contributed by atoms with Gasteiger partial charge in [-0.1, -0.05) is 23.5 Å². The molecule has 2 aromatic heterocycles. The number of carbonyl (C=O) groups is 1. The van der Waals surface area contributed by atoms with Crippen LogP contribution in [-0.4, -0.2) is 51.9 Å². The van der Waals surface area contributed by atoms with Crippen molar-refractivity contribution in [1.29, 1.82) is 0 Å². The van der Waals surface area contributed by atoms with Crippen molar-refractivity contribution >= 4 is 27.6 Å². The summed E-state index contributed by atoms with van der Waals surface area (Å²) < 4.78 is 6.95. The molecule has 2 fully saturated rings. The van der Waals surface area contributed by atoms with Crippen LogP contribution in [-0.2, 0) is 11.3 Å². The van der Waals surface area contributed by atoms with E-state index in [4.69, 9.17) is 4.74 Å². The minimum atomic E-state index is 0.215. The van der Waals surface area contributed by atoms with Gasteiger partial charge in [-0.2, -0.15) is 4.98 Å². The van der Waals surface area contributed by atoms with Crippen LogP contribution in [0.15, 0.2) is 42.6 Å². The Morgan fingerprint density at radius 2 is 1.90 bits per heavy atom. The molecule has 3 aromatic rings. The number of ether oxygens (including phenoxy) is 1. The lowest BCUT2D eigenvalue weighted by Gasteiger charge is -2.45. The van der Waals surface area contributed by atoms with Crippen LogP contribution in [0.1, 0.15) is 18.9 Å². The number of pyridine rings is 1. The summed E-state index contributed by atoms with van der Waals surface area (Å²) in [5.41, 5.74) is 2.01. The summed E-state index contributed by atoms with van der Waals surface area (Å²) in [5, 5.41) is 0.616. The van der Waals surface area contributed by atoms with E-state index < -0.39 is 0 Å². The first-order valence-electron chi connectivity index (χ1n) is 10.1. The fourth-order valence-electron chi connectivity index (χ4n) is 4.59. The number of hydrogen-bond donors (Lipinski definition) is 0. The Kier molecular flexibility index (Phi) is 4.93. The largest absolute Gasteiger partial charge is 0.431 e. The molecule has 0 radical (unpaired) electrons. The summed E-state index contributed by atoms with van der Waals surface area (Å²) in [7, 11) is 0. The number of aromatic nitrogens is 2. The van der Waals surface area contributed by atoms with E-state index in [9.17, 15) is 4.79 Å². The maximum absolute atomic E-state index is 11.7. The number of hydrogen-bond acceptors (Lipinski definition) is 6. The van der Waals surface area contributed by atoms with E-state index in [0.717, 1.165) is 48.8 Å². The summed E-state index contributed by atoms with van der Waals surface area (Å²) in [4.78, 5) is 24.9. The van der Waals surface area contributed by atoms with E-state index in [1.807, 2.05) is 29.2 Å². The van der Waals surface area contributed by atoms with Crippen molar-refractivity contribution in [1.82, 2.24) is 19.8 Å². The summed E-state index contributed by atoms with van der Waals surface area (Å²) in [6.07, 6.45) is 3.00. The van der Waals surface area contributed by atoms with Crippen molar-refractivity contribution in [3.05, 3.63) is 48.2 Å². The minimum Gasteiger partial charge on any atom is -0.431 e. The van der Waals surface area contributed by atoms with Crippen LogP contribution in [0.2, 0.25) is 0 Å². The summed E-state index contributed by atoms with van der Waals surface area (Å²) in [6.45, 7) is 6.58. The first kappa shape index (κ1) is 18.5. The average Bonchev–Trinajstić information content (AvgIpc) is 3.11. The zero-order valence-electron chi connectivity index (χ0n) is 16.5. The van der Waals surface area contributed by atoms with Crippen LogP contribution in [0.3, 0.4) is 0 Å². The van der Waals surface area contributed by atoms with Crippen LogP contribution >= 0.6 is 11.3 Å². The second-order valence-electron chi connectivity index (χ2n) is 8.14. The maximum atomic E-state index is 11.7. The molecule has 29 heavy (non-hydrogen) atoms. The SMILES string of the molecule is CC(=O)N1CC2CC(CN(Cc3ccc(Oc4nc5ncccc5s4)cc3)C2)C1. The van der Waals surface area contributed by atoms with Gasteiger partial charge in [-0.05, 0) is 48.1 Å². The second-order valence-corrected chi connectivity index (χ2v) is 9.13. The third-order valence-corrected chi connectivity index (χ3v) is 6.67. The van der Waals surface area contributed by atoms with Gasteiger partial charge < -0.3 is 9.64 Å². The van der Waals surface area contributed by atoms with E-state index in [0.29, 0.717) is 17.0 Å². The van der Waals surface area contributed by atoms with Gasteiger partial charge in [0.1, 0.15) is 5.75 Å². The topological polar surface area (TPSA) is 58.6 Å². The molecule has 150 valence electrons. The van der Waals surface area contributed by atoms with E-state index in [-0.39, 0.29) is 5.91 Å². The van der Waals surface area contributed by atoms with E-state index >= 15 is 0 Å². The molecule has 0 saturated carbocycles. The molecule has 6 nitrogen and oxygen atoms in total. The van der Waals surface area contributed by atoms with Gasteiger partial charge in [-0.3, -0.25) is 9.69 Å². The smallest absolute Gasteiger partial charge is 0.281 e. The first-order chi connectivity index (χ1) is 14.1. The van der Waals surface area contributed by atoms with Gasteiger partial charge in [0, 0.05) is 45.8 Å². The second kappa shape index (κ2) is 7.72. The molecular formula is C22H24N4O2S. The van der Waals surface area contributed by atoms with Crippen LogP contribution in [0.5, 0.6) is 10.9 Å². The lowest BCUT2D eigenvalue weighted by molar-refractivity contribution is -0.133. The van der Waals surface area contributed by atoms with E-state index in [2.05, 4.69) is 27.0 Å². The Bertz CT molecular complexity index is 972. The van der Waals surface area contributed by atoms with Crippen molar-refractivity contribution in [2.45, 2.75) is 19.9 Å². The molecule has 5 rings (SSSR count). The van der Waals surface area contributed by atoms with Crippen LogP contribution in [0.4, 0.5) is 0 Å². The highest BCUT2D eigenvalue weighted by atomic mass is 32.1. The molecule has 0 aliphatic carbocycles. The van der Waals surface area contributed by atoms with Crippen molar-refractivity contribution < 1.29 is 9.53 Å². The molecular weight excluding hydrogens is 384 g/mol. The number of piperidine rings is 2. The van der Waals surface area contributed by atoms with Crippen molar-refractivity contribution in [2.24, 2.45) is 11.8 Å². The van der Waals surface area contributed by atoms with Crippen LogP contribution < -0.4 is 4.74 Å². The monoisotopic (exact) mass is 408 g/mol. The first-order valence-corrected chi connectivity index (χ1v) is 10.9. The fraction of sp³-hybridized carbons (Fsp3) is 0.409. The van der Waals surface area contributed by atoms with Crippen LogP contribution in [0.25, 0.3) is 10.3 Å². The van der Waals surface area contributed by atoms with Crippen molar-refractivity contribution in [2.75, 3.05) is 26.2 Å². The zero-order chi connectivity index (χ0) is 19.8. The summed E-state index contributed by atoms with van der Waals surface area (Å²) >= 11 is 1.50. The molecule has 2 aliphatic rings. The Morgan fingerprint density at radius 1 is 1.14 bits per heavy atom. The van der Waals surface area contributed by atoms with Crippen molar-refractivity contribution in [3.8, 4) is 10.9 Å². The van der Waals surface area contributed by atoms with Gasteiger partial charge in [-0.15, -0.1) is 0 Å². The van der Waals surface area contributed by atoms with Gasteiger partial charge in [0.05, 0.1) is 4.70 Å². The number of nitrogens with zero attached hydrogens (tertiary/aromatic N) is 4. The Labute approximate surface area is 174 Å². The number of thiazole rings is 1. The molecule has 0 N–H and O–H groups in total. The predicted octanol–water partition coefficient (Wildman–Crippen LogP) is 3.78. The van der Waals surface area contributed by atoms with Gasteiger partial charge >= 0.3 is 0 Å². The quantitative estimate of drug-likeness (QED) is 0.657. The number of rotatable bonds is 4. The molecule has 2 aliphatic heterocycles. The highest BCUT2D eigenvalue weighted by Gasteiger charge is 2.34. The molecule has 0 spiro atoms. The van der Waals surface area contributed by atoms with Gasteiger partial charge in [-0.25, -0.2) is 4.98 Å². The zero-order valence-corrected chi connectivity index (χ0v) is 17.3. The molecule has 4 heterocycles. The highest BCUT2D eigenvalue weighted by molar-refractivity contribution is 7.20. The Morgan fingerprint density at radius 3 is 2.59 bits per heavy atom. The van der Waals surface area contributed by atoms with E-state index in [1.54, 1.807) is 13.1 Å². The Hall–Kier alpha value is -2.51. The molecule has 2 unspecified atom stereocenters. The predicted molar refractivity (Wildman–Crippen MR) is 113 cm³/mol. The van der Waals surface area contributed by atoms with Crippen LogP contribution in [0, 0.1) is 11.8 Å². The lowest BCUT2D eigenvalue weighted by atomic mass is 9.84. The Balaban J connectivity index is 1.20. The van der Waals surface area contributed by atoms with Crippen molar-refractivity contribution in [3.63, 3.8) is 0 Å². The average molecular weight is 409 g/mol. The third kappa shape index (κ3) is 4.11. The molecule has 1 amide bonds. The maximum Gasteiger partial charge on any atom is 0.281 e. The summed E-state index contributed by atoms with van der Waals surface area (Å²) in [6, 6.07) is 12.2. The number of fused-ring (bicyclic) bond motifs is 3. The van der Waals surface area contributed by atoms with Gasteiger partial charge in [0.2, 0.25) is 5.91 Å². The number of benzene rings is 1. The minimum absolute atomic E-state index is 0.215. The molecule has 1 aromatic carbocycles. The van der Waals surface area contributed by atoms with Gasteiger partial charge in [0.25, 0.3) is 5.19 Å². The lowest BCUT2D eigenvalue weighted by Crippen LogP contribution is -2.53. The highest BCUT2D eigenvalue weighted by Crippen LogP contribution is 2.31.